The van der Waals surface area contributed by atoms with Crippen molar-refractivity contribution in [1.29, 1.82) is 0 Å². The monoisotopic (exact) mass is 203 g/mol. The van der Waals surface area contributed by atoms with Crippen LogP contribution in [0.3, 0.4) is 0 Å². The van der Waals surface area contributed by atoms with Crippen LogP contribution in [0, 0.1) is 0 Å². The summed E-state index contributed by atoms with van der Waals surface area (Å²) in [5.41, 5.74) is 1.61. The van der Waals surface area contributed by atoms with E-state index in [0.717, 1.165) is 0 Å². The standard InChI is InChI=1S/C9H21N3O2/c1-8(2,3)14-7(13)12-9(4,5)6-11-10/h11H,6,10H2,1-5H3,(H,12,13). The molecule has 0 aliphatic carbocycles. The Balaban J connectivity index is 4.06. The first-order chi connectivity index (χ1) is 6.16. The van der Waals surface area contributed by atoms with Crippen molar-refractivity contribution in [2.24, 2.45) is 5.84 Å². The second kappa shape index (κ2) is 4.61. The fourth-order valence-corrected chi connectivity index (χ4v) is 0.879. The van der Waals surface area contributed by atoms with E-state index in [4.69, 9.17) is 10.6 Å². The molecule has 0 aromatic carbocycles. The van der Waals surface area contributed by atoms with Gasteiger partial charge in [-0.3, -0.25) is 11.3 Å². The van der Waals surface area contributed by atoms with Crippen LogP contribution in [-0.4, -0.2) is 23.8 Å². The number of alkyl carbamates (subject to hydrolysis) is 1. The molecule has 0 radical (unpaired) electrons. The minimum absolute atomic E-state index is 0.420. The predicted octanol–water partition coefficient (Wildman–Crippen LogP) is 0.753. The molecule has 0 aromatic heterocycles. The van der Waals surface area contributed by atoms with E-state index in [1.54, 1.807) is 0 Å². The Morgan fingerprint density at radius 2 is 1.79 bits per heavy atom. The number of carbonyl (C=O) groups is 1. The van der Waals surface area contributed by atoms with Gasteiger partial charge >= 0.3 is 6.09 Å². The Labute approximate surface area is 85.3 Å². The van der Waals surface area contributed by atoms with Crippen LogP contribution in [0.25, 0.3) is 0 Å². The van der Waals surface area contributed by atoms with Gasteiger partial charge in [-0.05, 0) is 34.6 Å². The van der Waals surface area contributed by atoms with Crippen LogP contribution in [0.5, 0.6) is 0 Å². The number of rotatable bonds is 3. The summed E-state index contributed by atoms with van der Waals surface area (Å²) in [5.74, 6) is 5.18. The van der Waals surface area contributed by atoms with E-state index in [2.05, 4.69) is 10.7 Å². The third-order valence-electron chi connectivity index (χ3n) is 1.38. The molecule has 0 fully saturated rings. The van der Waals surface area contributed by atoms with Gasteiger partial charge in [0.2, 0.25) is 0 Å². The van der Waals surface area contributed by atoms with Crippen molar-refractivity contribution in [3.05, 3.63) is 0 Å². The lowest BCUT2D eigenvalue weighted by molar-refractivity contribution is 0.0472. The third-order valence-corrected chi connectivity index (χ3v) is 1.38. The molecule has 1 amide bonds. The highest BCUT2D eigenvalue weighted by atomic mass is 16.6. The summed E-state index contributed by atoms with van der Waals surface area (Å²) in [6.07, 6.45) is -0.433. The highest BCUT2D eigenvalue weighted by Crippen LogP contribution is 2.08. The Kier molecular flexibility index (Phi) is 4.35. The predicted molar refractivity (Wildman–Crippen MR) is 55.6 cm³/mol. The molecular weight excluding hydrogens is 182 g/mol. The lowest BCUT2D eigenvalue weighted by Gasteiger charge is -2.28. The molecule has 0 spiro atoms. The number of amides is 1. The molecular formula is C9H21N3O2. The average Bonchev–Trinajstić information content (AvgIpc) is 1.78. The fraction of sp³-hybridized carbons (Fsp3) is 0.889. The first-order valence-corrected chi connectivity index (χ1v) is 4.61. The van der Waals surface area contributed by atoms with Crippen LogP contribution in [0.2, 0.25) is 0 Å². The quantitative estimate of drug-likeness (QED) is 0.467. The highest BCUT2D eigenvalue weighted by molar-refractivity contribution is 5.68. The normalized spacial score (nSPS) is 12.4. The summed E-state index contributed by atoms with van der Waals surface area (Å²) in [6.45, 7) is 9.65. The van der Waals surface area contributed by atoms with E-state index < -0.39 is 17.2 Å². The Morgan fingerprint density at radius 3 is 2.14 bits per heavy atom. The zero-order valence-corrected chi connectivity index (χ0v) is 9.60. The second-order valence-corrected chi connectivity index (χ2v) is 4.89. The summed E-state index contributed by atoms with van der Waals surface area (Å²) >= 11 is 0. The largest absolute Gasteiger partial charge is 0.444 e. The molecule has 0 aliphatic heterocycles. The van der Waals surface area contributed by atoms with Crippen LogP contribution in [0.15, 0.2) is 0 Å². The molecule has 84 valence electrons. The van der Waals surface area contributed by atoms with Crippen LogP contribution in [-0.2, 0) is 4.74 Å². The molecule has 0 rings (SSSR count). The maximum absolute atomic E-state index is 11.3. The van der Waals surface area contributed by atoms with Gasteiger partial charge in [-0.15, -0.1) is 0 Å². The minimum atomic E-state index is -0.476. The van der Waals surface area contributed by atoms with Gasteiger partial charge in [0, 0.05) is 6.54 Å². The lowest BCUT2D eigenvalue weighted by Crippen LogP contribution is -2.52. The zero-order chi connectivity index (χ0) is 11.4. The Bertz CT molecular complexity index is 197. The first-order valence-electron chi connectivity index (χ1n) is 4.61. The summed E-state index contributed by atoms with van der Waals surface area (Å²) in [7, 11) is 0. The van der Waals surface area contributed by atoms with Crippen LogP contribution in [0.1, 0.15) is 34.6 Å². The molecule has 0 aromatic rings. The van der Waals surface area contributed by atoms with Crippen LogP contribution in [0.4, 0.5) is 4.79 Å². The molecule has 0 atom stereocenters. The number of hydrazine groups is 1. The number of ether oxygens (including phenoxy) is 1. The van der Waals surface area contributed by atoms with Crippen molar-refractivity contribution in [1.82, 2.24) is 10.7 Å². The van der Waals surface area contributed by atoms with E-state index in [-0.39, 0.29) is 0 Å². The zero-order valence-electron chi connectivity index (χ0n) is 9.60. The molecule has 14 heavy (non-hydrogen) atoms. The average molecular weight is 203 g/mol. The number of nitrogens with two attached hydrogens (primary N) is 1. The molecule has 0 aliphatic rings. The van der Waals surface area contributed by atoms with Crippen molar-refractivity contribution in [2.45, 2.75) is 45.8 Å². The number of nitrogens with one attached hydrogen (secondary N) is 2. The molecule has 4 N–H and O–H groups in total. The van der Waals surface area contributed by atoms with E-state index in [0.29, 0.717) is 6.54 Å². The Hall–Kier alpha value is -0.810. The molecule has 0 unspecified atom stereocenters. The molecule has 5 nitrogen and oxygen atoms in total. The van der Waals surface area contributed by atoms with Gasteiger partial charge in [-0.2, -0.15) is 0 Å². The number of hydrogen-bond acceptors (Lipinski definition) is 4. The molecule has 0 heterocycles. The van der Waals surface area contributed by atoms with Crippen molar-refractivity contribution in [2.75, 3.05) is 6.54 Å². The van der Waals surface area contributed by atoms with Gasteiger partial charge in [-0.25, -0.2) is 4.79 Å². The van der Waals surface area contributed by atoms with E-state index in [1.165, 1.54) is 0 Å². The van der Waals surface area contributed by atoms with E-state index in [9.17, 15) is 4.79 Å². The summed E-state index contributed by atoms with van der Waals surface area (Å²) < 4.78 is 5.10. The van der Waals surface area contributed by atoms with Crippen molar-refractivity contribution < 1.29 is 9.53 Å². The summed E-state index contributed by atoms with van der Waals surface area (Å²) in [4.78, 5) is 11.3. The molecule has 5 heteroatoms. The van der Waals surface area contributed by atoms with Gasteiger partial charge < -0.3 is 10.1 Å². The maximum atomic E-state index is 11.3. The summed E-state index contributed by atoms with van der Waals surface area (Å²) in [6, 6.07) is 0. The van der Waals surface area contributed by atoms with Crippen LogP contribution < -0.4 is 16.6 Å². The lowest BCUT2D eigenvalue weighted by atomic mass is 10.1. The van der Waals surface area contributed by atoms with E-state index in [1.807, 2.05) is 34.6 Å². The smallest absolute Gasteiger partial charge is 0.408 e. The third kappa shape index (κ3) is 6.68. The maximum Gasteiger partial charge on any atom is 0.408 e. The second-order valence-electron chi connectivity index (χ2n) is 4.89. The fourth-order valence-electron chi connectivity index (χ4n) is 0.879. The number of carbonyl (C=O) groups excluding carboxylic acids is 1. The van der Waals surface area contributed by atoms with Gasteiger partial charge in [0.05, 0.1) is 5.54 Å². The van der Waals surface area contributed by atoms with E-state index >= 15 is 0 Å². The topological polar surface area (TPSA) is 76.4 Å². The summed E-state index contributed by atoms with van der Waals surface area (Å²) in [5, 5.41) is 2.71. The highest BCUT2D eigenvalue weighted by Gasteiger charge is 2.23. The van der Waals surface area contributed by atoms with Crippen molar-refractivity contribution in [3.8, 4) is 0 Å². The molecule has 0 bridgehead atoms. The minimum Gasteiger partial charge on any atom is -0.444 e. The van der Waals surface area contributed by atoms with Gasteiger partial charge in [0.15, 0.2) is 0 Å². The van der Waals surface area contributed by atoms with Gasteiger partial charge in [-0.1, -0.05) is 0 Å². The number of hydrogen-bond donors (Lipinski definition) is 3. The van der Waals surface area contributed by atoms with Gasteiger partial charge in [0.25, 0.3) is 0 Å². The Morgan fingerprint density at radius 1 is 1.29 bits per heavy atom. The first kappa shape index (κ1) is 13.2. The molecule has 0 saturated carbocycles. The van der Waals surface area contributed by atoms with Crippen LogP contribution >= 0.6 is 0 Å². The van der Waals surface area contributed by atoms with Crippen molar-refractivity contribution >= 4 is 6.09 Å². The van der Waals surface area contributed by atoms with Gasteiger partial charge in [0.1, 0.15) is 5.60 Å². The molecule has 0 saturated heterocycles. The SMILES string of the molecule is CC(C)(CNN)NC(=O)OC(C)(C)C. The van der Waals surface area contributed by atoms with Crippen molar-refractivity contribution in [3.63, 3.8) is 0 Å².